The first-order valence-electron chi connectivity index (χ1n) is 6.33. The number of ether oxygens (including phenoxy) is 2. The van der Waals surface area contributed by atoms with Crippen LogP contribution in [0.25, 0.3) is 0 Å². The quantitative estimate of drug-likeness (QED) is 0.337. The maximum atomic E-state index is 11.0. The zero-order valence-corrected chi connectivity index (χ0v) is 10.9. The molecule has 0 heterocycles. The molecule has 6 heteroatoms. The third-order valence-corrected chi connectivity index (χ3v) is 2.95. The number of nitro groups is 1. The fraction of sp³-hybridized carbons (Fsp3) is 0.538. The number of nitrogens with zero attached hydrogens (tertiary/aromatic N) is 1. The summed E-state index contributed by atoms with van der Waals surface area (Å²) in [7, 11) is 1.79. The molecular formula is C13H18N2O4. The lowest BCUT2D eigenvalue weighted by atomic mass is 10.2. The minimum absolute atomic E-state index is 0.0252. The zero-order valence-electron chi connectivity index (χ0n) is 10.9. The summed E-state index contributed by atoms with van der Waals surface area (Å²) in [6.07, 6.45) is 2.41. The molecule has 1 fully saturated rings. The van der Waals surface area contributed by atoms with Crippen LogP contribution in [0.5, 0.6) is 5.75 Å². The van der Waals surface area contributed by atoms with Gasteiger partial charge in [-0.15, -0.1) is 0 Å². The standard InChI is InChI=1S/C13H18N2O4/c1-14-7-11-4-5-13(12(6-11)15(16)17)19-9-18-8-10-2-3-10/h4-6,10,14H,2-3,7-9H2,1H3. The van der Waals surface area contributed by atoms with Crippen LogP contribution in [0, 0.1) is 16.0 Å². The number of rotatable bonds is 8. The Kier molecular flexibility index (Phi) is 4.70. The van der Waals surface area contributed by atoms with Crippen LogP contribution in [0.3, 0.4) is 0 Å². The molecule has 0 unspecified atom stereocenters. The highest BCUT2D eigenvalue weighted by atomic mass is 16.7. The van der Waals surface area contributed by atoms with E-state index in [1.807, 2.05) is 0 Å². The van der Waals surface area contributed by atoms with Crippen molar-refractivity contribution in [2.45, 2.75) is 19.4 Å². The molecule has 104 valence electrons. The van der Waals surface area contributed by atoms with Crippen LogP contribution in [-0.4, -0.2) is 25.4 Å². The highest BCUT2D eigenvalue weighted by Gasteiger charge is 2.21. The maximum absolute atomic E-state index is 11.0. The van der Waals surface area contributed by atoms with E-state index in [2.05, 4.69) is 5.32 Å². The van der Waals surface area contributed by atoms with Gasteiger partial charge in [0, 0.05) is 12.6 Å². The third-order valence-electron chi connectivity index (χ3n) is 2.95. The molecule has 2 rings (SSSR count). The first-order chi connectivity index (χ1) is 9.20. The molecule has 1 aliphatic rings. The Labute approximate surface area is 111 Å². The van der Waals surface area contributed by atoms with E-state index in [0.717, 1.165) is 5.56 Å². The Morgan fingerprint density at radius 1 is 1.47 bits per heavy atom. The van der Waals surface area contributed by atoms with Gasteiger partial charge >= 0.3 is 5.69 Å². The molecule has 0 bridgehead atoms. The molecule has 19 heavy (non-hydrogen) atoms. The average Bonchev–Trinajstić information content (AvgIpc) is 3.20. The largest absolute Gasteiger partial charge is 0.460 e. The number of hydrogen-bond acceptors (Lipinski definition) is 5. The van der Waals surface area contributed by atoms with Gasteiger partial charge in [0.15, 0.2) is 12.5 Å². The van der Waals surface area contributed by atoms with Crippen LogP contribution >= 0.6 is 0 Å². The van der Waals surface area contributed by atoms with E-state index < -0.39 is 4.92 Å². The molecule has 0 aliphatic heterocycles. The van der Waals surface area contributed by atoms with Crippen LogP contribution in [-0.2, 0) is 11.3 Å². The summed E-state index contributed by atoms with van der Waals surface area (Å²) in [6.45, 7) is 1.31. The van der Waals surface area contributed by atoms with E-state index in [9.17, 15) is 10.1 Å². The fourth-order valence-corrected chi connectivity index (χ4v) is 1.75. The SMILES string of the molecule is CNCc1ccc(OCOCC2CC2)c([N+](=O)[O-])c1. The number of hydrogen-bond donors (Lipinski definition) is 1. The van der Waals surface area contributed by atoms with Crippen molar-refractivity contribution < 1.29 is 14.4 Å². The molecule has 1 aromatic rings. The van der Waals surface area contributed by atoms with Crippen molar-refractivity contribution in [3.05, 3.63) is 33.9 Å². The molecule has 1 N–H and O–H groups in total. The highest BCUT2D eigenvalue weighted by molar-refractivity contribution is 5.48. The molecule has 1 aliphatic carbocycles. The molecule has 0 aromatic heterocycles. The van der Waals surface area contributed by atoms with Gasteiger partial charge in [0.25, 0.3) is 0 Å². The fourth-order valence-electron chi connectivity index (χ4n) is 1.75. The maximum Gasteiger partial charge on any atom is 0.311 e. The van der Waals surface area contributed by atoms with Gasteiger partial charge in [0.1, 0.15) is 0 Å². The molecule has 0 atom stereocenters. The third kappa shape index (κ3) is 4.18. The zero-order chi connectivity index (χ0) is 13.7. The Morgan fingerprint density at radius 3 is 2.89 bits per heavy atom. The van der Waals surface area contributed by atoms with E-state index >= 15 is 0 Å². The van der Waals surface area contributed by atoms with Gasteiger partial charge in [0.2, 0.25) is 0 Å². The lowest BCUT2D eigenvalue weighted by Gasteiger charge is -2.08. The Bertz CT molecular complexity index is 446. The summed E-state index contributed by atoms with van der Waals surface area (Å²) < 4.78 is 10.6. The molecule has 1 saturated carbocycles. The van der Waals surface area contributed by atoms with E-state index in [0.29, 0.717) is 19.1 Å². The molecule has 1 aromatic carbocycles. The van der Waals surface area contributed by atoms with Crippen LogP contribution in [0.15, 0.2) is 18.2 Å². The lowest BCUT2D eigenvalue weighted by Crippen LogP contribution is -2.08. The van der Waals surface area contributed by atoms with Gasteiger partial charge in [-0.3, -0.25) is 10.1 Å². The molecule has 0 saturated heterocycles. The Balaban J connectivity index is 1.94. The predicted octanol–water partition coefficient (Wildman–Crippen LogP) is 2.08. The monoisotopic (exact) mass is 266 g/mol. The molecule has 0 spiro atoms. The van der Waals surface area contributed by atoms with Gasteiger partial charge in [-0.25, -0.2) is 0 Å². The average molecular weight is 266 g/mol. The lowest BCUT2D eigenvalue weighted by molar-refractivity contribution is -0.386. The Hall–Kier alpha value is -1.66. The molecule has 0 amide bonds. The van der Waals surface area contributed by atoms with Crippen LogP contribution in [0.2, 0.25) is 0 Å². The van der Waals surface area contributed by atoms with Crippen LogP contribution in [0.4, 0.5) is 5.69 Å². The first kappa shape index (κ1) is 13.8. The summed E-state index contributed by atoms with van der Waals surface area (Å²) in [6, 6.07) is 4.94. The molecular weight excluding hydrogens is 248 g/mol. The summed E-state index contributed by atoms with van der Waals surface area (Å²) in [4.78, 5) is 10.6. The number of nitro benzene ring substituents is 1. The summed E-state index contributed by atoms with van der Waals surface area (Å²) in [5.74, 6) is 0.900. The first-order valence-corrected chi connectivity index (χ1v) is 6.33. The molecule has 0 radical (unpaired) electrons. The summed E-state index contributed by atoms with van der Waals surface area (Å²) in [5, 5.41) is 13.9. The number of benzene rings is 1. The van der Waals surface area contributed by atoms with Crippen molar-refractivity contribution in [3.63, 3.8) is 0 Å². The van der Waals surface area contributed by atoms with Crippen molar-refractivity contribution in [1.82, 2.24) is 5.32 Å². The van der Waals surface area contributed by atoms with Gasteiger partial charge in [-0.05, 0) is 37.4 Å². The predicted molar refractivity (Wildman–Crippen MR) is 70.0 cm³/mol. The topological polar surface area (TPSA) is 73.6 Å². The smallest absolute Gasteiger partial charge is 0.311 e. The second-order valence-electron chi connectivity index (χ2n) is 4.67. The van der Waals surface area contributed by atoms with E-state index in [1.54, 1.807) is 19.2 Å². The van der Waals surface area contributed by atoms with Crippen molar-refractivity contribution in [1.29, 1.82) is 0 Å². The van der Waals surface area contributed by atoms with Crippen molar-refractivity contribution in [3.8, 4) is 5.75 Å². The minimum Gasteiger partial charge on any atom is -0.460 e. The summed E-state index contributed by atoms with van der Waals surface area (Å²) >= 11 is 0. The summed E-state index contributed by atoms with van der Waals surface area (Å²) in [5.41, 5.74) is 0.822. The second-order valence-corrected chi connectivity index (χ2v) is 4.67. The van der Waals surface area contributed by atoms with Crippen molar-refractivity contribution >= 4 is 5.69 Å². The van der Waals surface area contributed by atoms with Gasteiger partial charge in [-0.1, -0.05) is 6.07 Å². The van der Waals surface area contributed by atoms with Crippen molar-refractivity contribution in [2.24, 2.45) is 5.92 Å². The minimum atomic E-state index is -0.435. The normalized spacial score (nSPS) is 14.4. The highest BCUT2D eigenvalue weighted by Crippen LogP contribution is 2.30. The van der Waals surface area contributed by atoms with Gasteiger partial charge < -0.3 is 14.8 Å². The van der Waals surface area contributed by atoms with E-state index in [-0.39, 0.29) is 18.2 Å². The van der Waals surface area contributed by atoms with Crippen molar-refractivity contribution in [2.75, 3.05) is 20.4 Å². The number of nitrogens with one attached hydrogen (secondary N) is 1. The molecule has 6 nitrogen and oxygen atoms in total. The Morgan fingerprint density at radius 2 is 2.26 bits per heavy atom. The van der Waals surface area contributed by atoms with Gasteiger partial charge in [0.05, 0.1) is 11.5 Å². The van der Waals surface area contributed by atoms with Gasteiger partial charge in [-0.2, -0.15) is 0 Å². The van der Waals surface area contributed by atoms with E-state index in [4.69, 9.17) is 9.47 Å². The van der Waals surface area contributed by atoms with Crippen LogP contribution in [0.1, 0.15) is 18.4 Å². The second kappa shape index (κ2) is 6.49. The van der Waals surface area contributed by atoms with Crippen LogP contribution < -0.4 is 10.1 Å². The van der Waals surface area contributed by atoms with E-state index in [1.165, 1.54) is 18.9 Å².